The molecule has 0 radical (unpaired) electrons. The number of hydrogen-bond donors (Lipinski definition) is 0. The third-order valence-corrected chi connectivity index (χ3v) is 4.69. The topological polar surface area (TPSA) is 12.5 Å². The average molecular weight is 247 g/mol. The molecule has 0 spiro atoms. The molecule has 1 heterocycles. The van der Waals surface area contributed by atoms with Crippen molar-refractivity contribution in [3.8, 4) is 5.75 Å². The number of likely N-dealkylation sites (N-methyl/N-ethyl adjacent to an activating group) is 1. The quantitative estimate of drug-likeness (QED) is 0.809. The molecule has 2 nitrogen and oxygen atoms in total. The molecule has 0 unspecified atom stereocenters. The lowest BCUT2D eigenvalue weighted by Crippen LogP contribution is -2.36. The monoisotopic (exact) mass is 247 g/mol. The summed E-state index contributed by atoms with van der Waals surface area (Å²) in [6.07, 6.45) is 2.48. The Balaban J connectivity index is 2.40. The summed E-state index contributed by atoms with van der Waals surface area (Å²) in [5, 5.41) is 0. The molecular weight excluding hydrogens is 222 g/mol. The van der Waals surface area contributed by atoms with E-state index in [2.05, 4.69) is 44.0 Å². The third-order valence-electron chi connectivity index (χ3n) is 4.69. The summed E-state index contributed by atoms with van der Waals surface area (Å²) < 4.78 is 5.39. The Hall–Kier alpha value is -1.02. The van der Waals surface area contributed by atoms with E-state index in [1.54, 1.807) is 7.11 Å². The van der Waals surface area contributed by atoms with Gasteiger partial charge < -0.3 is 9.64 Å². The van der Waals surface area contributed by atoms with Crippen LogP contribution in [0.2, 0.25) is 0 Å². The van der Waals surface area contributed by atoms with E-state index in [4.69, 9.17) is 4.74 Å². The summed E-state index contributed by atoms with van der Waals surface area (Å²) in [6.45, 7) is 7.04. The second kappa shape index (κ2) is 5.31. The average Bonchev–Trinajstić information content (AvgIpc) is 2.81. The summed E-state index contributed by atoms with van der Waals surface area (Å²) >= 11 is 0. The molecule has 1 saturated heterocycles. The first-order valence-electron chi connectivity index (χ1n) is 6.95. The van der Waals surface area contributed by atoms with Crippen molar-refractivity contribution in [1.82, 2.24) is 4.90 Å². The first-order chi connectivity index (χ1) is 8.62. The Morgan fingerprint density at radius 2 is 2.22 bits per heavy atom. The second-order valence-corrected chi connectivity index (χ2v) is 5.69. The zero-order valence-corrected chi connectivity index (χ0v) is 12.1. The van der Waals surface area contributed by atoms with Crippen molar-refractivity contribution >= 4 is 0 Å². The van der Waals surface area contributed by atoms with Crippen molar-refractivity contribution in [3.05, 3.63) is 29.8 Å². The normalized spacial score (nSPS) is 26.2. The van der Waals surface area contributed by atoms with Crippen LogP contribution in [-0.4, -0.2) is 32.1 Å². The minimum atomic E-state index is 0.304. The maximum Gasteiger partial charge on any atom is 0.119 e. The Labute approximate surface area is 111 Å². The summed E-state index contributed by atoms with van der Waals surface area (Å²) in [7, 11) is 3.97. The van der Waals surface area contributed by atoms with Crippen LogP contribution in [0, 0.1) is 5.92 Å². The van der Waals surface area contributed by atoms with Crippen molar-refractivity contribution in [1.29, 1.82) is 0 Å². The fourth-order valence-electron chi connectivity index (χ4n) is 3.28. The van der Waals surface area contributed by atoms with Crippen molar-refractivity contribution in [2.45, 2.75) is 32.1 Å². The number of hydrogen-bond acceptors (Lipinski definition) is 2. The van der Waals surface area contributed by atoms with Crippen LogP contribution in [0.4, 0.5) is 0 Å². The highest BCUT2D eigenvalue weighted by Gasteiger charge is 2.42. The highest BCUT2D eigenvalue weighted by atomic mass is 16.5. The SMILES string of the molecule is CC[C@@H](C)[C@@]1(c2cccc(OC)c2)CCN(C)C1. The van der Waals surface area contributed by atoms with Crippen LogP contribution in [-0.2, 0) is 5.41 Å². The molecule has 0 amide bonds. The standard InChI is InChI=1S/C16H25NO/c1-5-13(2)16(9-10-17(3)12-16)14-7-6-8-15(11-14)18-4/h6-8,11,13H,5,9-10,12H2,1-4H3/t13-,16-/m1/s1. The van der Waals surface area contributed by atoms with E-state index in [0.29, 0.717) is 11.3 Å². The number of ether oxygens (including phenoxy) is 1. The van der Waals surface area contributed by atoms with Gasteiger partial charge in [-0.15, -0.1) is 0 Å². The van der Waals surface area contributed by atoms with Gasteiger partial charge in [0, 0.05) is 12.0 Å². The molecule has 1 aliphatic heterocycles. The number of nitrogens with zero attached hydrogens (tertiary/aromatic N) is 1. The Morgan fingerprint density at radius 3 is 2.78 bits per heavy atom. The number of methoxy groups -OCH3 is 1. The van der Waals surface area contributed by atoms with Crippen LogP contribution >= 0.6 is 0 Å². The van der Waals surface area contributed by atoms with E-state index < -0.39 is 0 Å². The van der Waals surface area contributed by atoms with Gasteiger partial charge in [0.2, 0.25) is 0 Å². The fraction of sp³-hybridized carbons (Fsp3) is 0.625. The van der Waals surface area contributed by atoms with E-state index in [-0.39, 0.29) is 0 Å². The van der Waals surface area contributed by atoms with E-state index in [1.165, 1.54) is 24.9 Å². The molecule has 2 atom stereocenters. The Morgan fingerprint density at radius 1 is 1.44 bits per heavy atom. The fourth-order valence-corrected chi connectivity index (χ4v) is 3.28. The van der Waals surface area contributed by atoms with Crippen molar-refractivity contribution < 1.29 is 4.74 Å². The molecule has 1 aromatic carbocycles. The van der Waals surface area contributed by atoms with Gasteiger partial charge in [-0.1, -0.05) is 32.4 Å². The van der Waals surface area contributed by atoms with Crippen LogP contribution in [0.25, 0.3) is 0 Å². The number of likely N-dealkylation sites (tertiary alicyclic amines) is 1. The maximum atomic E-state index is 5.39. The molecule has 0 N–H and O–H groups in total. The van der Waals surface area contributed by atoms with Crippen molar-refractivity contribution in [2.75, 3.05) is 27.2 Å². The van der Waals surface area contributed by atoms with Gasteiger partial charge in [0.05, 0.1) is 7.11 Å². The predicted molar refractivity (Wildman–Crippen MR) is 76.2 cm³/mol. The molecule has 0 saturated carbocycles. The van der Waals surface area contributed by atoms with Crippen LogP contribution in [0.5, 0.6) is 5.75 Å². The van der Waals surface area contributed by atoms with Crippen LogP contribution in [0.1, 0.15) is 32.3 Å². The van der Waals surface area contributed by atoms with Crippen LogP contribution in [0.3, 0.4) is 0 Å². The molecule has 100 valence electrons. The smallest absolute Gasteiger partial charge is 0.119 e. The summed E-state index contributed by atoms with van der Waals surface area (Å²) in [5.74, 6) is 1.68. The molecule has 2 heteroatoms. The van der Waals surface area contributed by atoms with Gasteiger partial charge in [0.15, 0.2) is 0 Å². The van der Waals surface area contributed by atoms with Gasteiger partial charge in [0.1, 0.15) is 5.75 Å². The molecule has 1 aliphatic rings. The highest BCUT2D eigenvalue weighted by molar-refractivity contribution is 5.36. The van der Waals surface area contributed by atoms with E-state index >= 15 is 0 Å². The largest absolute Gasteiger partial charge is 0.497 e. The molecule has 0 aromatic heterocycles. The zero-order valence-electron chi connectivity index (χ0n) is 12.1. The maximum absolute atomic E-state index is 5.39. The van der Waals surface area contributed by atoms with Crippen molar-refractivity contribution in [3.63, 3.8) is 0 Å². The van der Waals surface area contributed by atoms with Gasteiger partial charge in [-0.25, -0.2) is 0 Å². The number of rotatable bonds is 4. The zero-order chi connectivity index (χ0) is 13.2. The molecule has 0 bridgehead atoms. The van der Waals surface area contributed by atoms with Gasteiger partial charge in [0.25, 0.3) is 0 Å². The van der Waals surface area contributed by atoms with E-state index in [1.807, 2.05) is 6.07 Å². The van der Waals surface area contributed by atoms with E-state index in [9.17, 15) is 0 Å². The van der Waals surface area contributed by atoms with Crippen molar-refractivity contribution in [2.24, 2.45) is 5.92 Å². The lowest BCUT2D eigenvalue weighted by atomic mass is 9.69. The summed E-state index contributed by atoms with van der Waals surface area (Å²) in [6, 6.07) is 8.66. The van der Waals surface area contributed by atoms with Crippen LogP contribution in [0.15, 0.2) is 24.3 Å². The second-order valence-electron chi connectivity index (χ2n) is 5.69. The highest BCUT2D eigenvalue weighted by Crippen LogP contribution is 2.42. The predicted octanol–water partition coefficient (Wildman–Crippen LogP) is 3.31. The Bertz CT molecular complexity index is 404. The molecule has 1 fully saturated rings. The van der Waals surface area contributed by atoms with Gasteiger partial charge in [-0.3, -0.25) is 0 Å². The lowest BCUT2D eigenvalue weighted by molar-refractivity contribution is 0.272. The van der Waals surface area contributed by atoms with Gasteiger partial charge >= 0.3 is 0 Å². The molecule has 1 aromatic rings. The lowest BCUT2D eigenvalue weighted by Gasteiger charge is -2.36. The first kappa shape index (κ1) is 13.4. The van der Waals surface area contributed by atoms with E-state index in [0.717, 1.165) is 12.3 Å². The Kier molecular flexibility index (Phi) is 3.96. The molecular formula is C16H25NO. The van der Waals surface area contributed by atoms with Gasteiger partial charge in [-0.05, 0) is 43.6 Å². The third kappa shape index (κ3) is 2.26. The molecule has 0 aliphatic carbocycles. The first-order valence-corrected chi connectivity index (χ1v) is 6.95. The molecule has 18 heavy (non-hydrogen) atoms. The summed E-state index contributed by atoms with van der Waals surface area (Å²) in [5.41, 5.74) is 1.75. The molecule has 2 rings (SSSR count). The minimum Gasteiger partial charge on any atom is -0.497 e. The summed E-state index contributed by atoms with van der Waals surface area (Å²) in [4.78, 5) is 2.45. The minimum absolute atomic E-state index is 0.304. The number of benzene rings is 1. The van der Waals surface area contributed by atoms with Gasteiger partial charge in [-0.2, -0.15) is 0 Å². The van der Waals surface area contributed by atoms with Crippen LogP contribution < -0.4 is 4.74 Å².